The molecule has 0 unspecified atom stereocenters. The smallest absolute Gasteiger partial charge is 0.246 e. The maximum atomic E-state index is 13.9. The normalized spacial score (nSPS) is 11.9. The molecule has 0 heterocycles. The van der Waals surface area contributed by atoms with E-state index in [4.69, 9.17) is 0 Å². The van der Waals surface area contributed by atoms with Crippen LogP contribution < -0.4 is 5.32 Å². The topological polar surface area (TPSA) is 49.4 Å². The summed E-state index contributed by atoms with van der Waals surface area (Å²) >= 11 is 0. The highest BCUT2D eigenvalue weighted by atomic mass is 32.2. The molecule has 0 saturated heterocycles. The SMILES string of the molecule is C=C(C)CN(CC)S(=O)(=O)c1cc(CNC)cc(F)c1F. The molecule has 1 N–H and O–H groups in total. The van der Waals surface area contributed by atoms with Crippen LogP contribution in [0.3, 0.4) is 0 Å². The van der Waals surface area contributed by atoms with Gasteiger partial charge in [-0.3, -0.25) is 0 Å². The van der Waals surface area contributed by atoms with Gasteiger partial charge in [-0.15, -0.1) is 0 Å². The molecule has 0 bridgehead atoms. The first kappa shape index (κ1) is 17.7. The molecular weight excluding hydrogens is 298 g/mol. The third-order valence-electron chi connectivity index (χ3n) is 2.85. The molecule has 0 aliphatic rings. The van der Waals surface area contributed by atoms with Crippen LogP contribution in [0.25, 0.3) is 0 Å². The maximum absolute atomic E-state index is 13.9. The molecule has 0 radical (unpaired) electrons. The van der Waals surface area contributed by atoms with E-state index in [9.17, 15) is 17.2 Å². The Balaban J connectivity index is 3.38. The number of nitrogens with one attached hydrogen (secondary N) is 1. The van der Waals surface area contributed by atoms with E-state index >= 15 is 0 Å². The fraction of sp³-hybridized carbons (Fsp3) is 0.429. The molecule has 1 aromatic rings. The van der Waals surface area contributed by atoms with Crippen LogP contribution in [-0.4, -0.2) is 32.9 Å². The summed E-state index contributed by atoms with van der Waals surface area (Å²) in [7, 11) is -2.48. The molecule has 0 aliphatic heterocycles. The van der Waals surface area contributed by atoms with E-state index in [0.29, 0.717) is 11.1 Å². The van der Waals surface area contributed by atoms with Crippen molar-refractivity contribution in [2.75, 3.05) is 20.1 Å². The summed E-state index contributed by atoms with van der Waals surface area (Å²) in [6.07, 6.45) is 0. The zero-order valence-electron chi connectivity index (χ0n) is 12.4. The lowest BCUT2D eigenvalue weighted by Crippen LogP contribution is -2.33. The number of sulfonamides is 1. The summed E-state index contributed by atoms with van der Waals surface area (Å²) in [6, 6.07) is 2.14. The molecule has 0 spiro atoms. The van der Waals surface area contributed by atoms with Crippen molar-refractivity contribution in [2.24, 2.45) is 0 Å². The molecule has 0 aromatic heterocycles. The highest BCUT2D eigenvalue weighted by Gasteiger charge is 2.28. The van der Waals surface area contributed by atoms with E-state index in [1.54, 1.807) is 20.9 Å². The Hall–Kier alpha value is -1.31. The van der Waals surface area contributed by atoms with Gasteiger partial charge in [0.2, 0.25) is 10.0 Å². The molecule has 7 heteroatoms. The Morgan fingerprint density at radius 3 is 2.48 bits per heavy atom. The number of hydrogen-bond donors (Lipinski definition) is 1. The van der Waals surface area contributed by atoms with Gasteiger partial charge in [-0.25, -0.2) is 17.2 Å². The van der Waals surface area contributed by atoms with Gasteiger partial charge in [0.15, 0.2) is 11.6 Å². The highest BCUT2D eigenvalue weighted by molar-refractivity contribution is 7.89. The second-order valence-electron chi connectivity index (χ2n) is 4.81. The summed E-state index contributed by atoms with van der Waals surface area (Å²) < 4.78 is 53.6. The van der Waals surface area contributed by atoms with Gasteiger partial charge < -0.3 is 5.32 Å². The van der Waals surface area contributed by atoms with E-state index in [1.165, 1.54) is 0 Å². The fourth-order valence-electron chi connectivity index (χ4n) is 1.92. The molecule has 0 aliphatic carbocycles. The van der Waals surface area contributed by atoms with Gasteiger partial charge in [-0.05, 0) is 31.7 Å². The highest BCUT2D eigenvalue weighted by Crippen LogP contribution is 2.23. The Morgan fingerprint density at radius 2 is 2.00 bits per heavy atom. The number of likely N-dealkylation sites (N-methyl/N-ethyl adjacent to an activating group) is 1. The molecule has 118 valence electrons. The van der Waals surface area contributed by atoms with E-state index in [2.05, 4.69) is 11.9 Å². The Bertz CT molecular complexity index is 630. The van der Waals surface area contributed by atoms with Crippen LogP contribution >= 0.6 is 0 Å². The minimum atomic E-state index is -4.11. The Morgan fingerprint density at radius 1 is 1.38 bits per heavy atom. The van der Waals surface area contributed by atoms with E-state index < -0.39 is 26.6 Å². The summed E-state index contributed by atoms with van der Waals surface area (Å²) in [5.41, 5.74) is 0.981. The number of hydrogen-bond acceptors (Lipinski definition) is 3. The molecule has 1 aromatic carbocycles. The zero-order valence-corrected chi connectivity index (χ0v) is 13.2. The molecule has 4 nitrogen and oxygen atoms in total. The van der Waals surface area contributed by atoms with Gasteiger partial charge in [-0.1, -0.05) is 19.1 Å². The first-order chi connectivity index (χ1) is 9.73. The summed E-state index contributed by atoms with van der Waals surface area (Å²) in [5.74, 6) is -2.53. The van der Waals surface area contributed by atoms with Crippen molar-refractivity contribution in [3.05, 3.63) is 41.5 Å². The van der Waals surface area contributed by atoms with Crippen LogP contribution in [0.15, 0.2) is 29.2 Å². The third kappa shape index (κ3) is 4.09. The summed E-state index contributed by atoms with van der Waals surface area (Å²) in [6.45, 7) is 7.41. The molecule has 0 fully saturated rings. The van der Waals surface area contributed by atoms with Gasteiger partial charge in [0.25, 0.3) is 0 Å². The van der Waals surface area contributed by atoms with Gasteiger partial charge >= 0.3 is 0 Å². The molecule has 0 amide bonds. The largest absolute Gasteiger partial charge is 0.316 e. The van der Waals surface area contributed by atoms with Crippen molar-refractivity contribution in [3.8, 4) is 0 Å². The van der Waals surface area contributed by atoms with Crippen LogP contribution in [0, 0.1) is 11.6 Å². The molecule has 21 heavy (non-hydrogen) atoms. The average molecular weight is 318 g/mol. The second kappa shape index (κ2) is 7.11. The lowest BCUT2D eigenvalue weighted by molar-refractivity contribution is 0.437. The zero-order chi connectivity index (χ0) is 16.2. The summed E-state index contributed by atoms with van der Waals surface area (Å²) in [5, 5.41) is 2.77. The Kier molecular flexibility index (Phi) is 6.00. The predicted molar refractivity (Wildman–Crippen MR) is 78.4 cm³/mol. The quantitative estimate of drug-likeness (QED) is 0.785. The van der Waals surface area contributed by atoms with Crippen molar-refractivity contribution >= 4 is 10.0 Å². The van der Waals surface area contributed by atoms with E-state index in [-0.39, 0.29) is 19.6 Å². The van der Waals surface area contributed by atoms with E-state index in [0.717, 1.165) is 16.4 Å². The number of halogens is 2. The first-order valence-corrected chi connectivity index (χ1v) is 7.95. The van der Waals surface area contributed by atoms with Crippen LogP contribution in [0.2, 0.25) is 0 Å². The van der Waals surface area contributed by atoms with Crippen LogP contribution in [-0.2, 0) is 16.6 Å². The molecule has 0 atom stereocenters. The molecule has 1 rings (SSSR count). The maximum Gasteiger partial charge on any atom is 0.246 e. The predicted octanol–water partition coefficient (Wildman–Crippen LogP) is 2.27. The minimum Gasteiger partial charge on any atom is -0.316 e. The van der Waals surface area contributed by atoms with Gasteiger partial charge in [0.05, 0.1) is 0 Å². The second-order valence-corrected chi connectivity index (χ2v) is 6.71. The number of benzene rings is 1. The summed E-state index contributed by atoms with van der Waals surface area (Å²) in [4.78, 5) is -0.643. The van der Waals surface area contributed by atoms with Crippen molar-refractivity contribution in [1.29, 1.82) is 0 Å². The number of rotatable bonds is 7. The monoisotopic (exact) mass is 318 g/mol. The van der Waals surface area contributed by atoms with Crippen molar-refractivity contribution in [3.63, 3.8) is 0 Å². The average Bonchev–Trinajstić information content (AvgIpc) is 2.39. The van der Waals surface area contributed by atoms with Crippen molar-refractivity contribution in [1.82, 2.24) is 9.62 Å². The lowest BCUT2D eigenvalue weighted by Gasteiger charge is -2.21. The molecule has 0 saturated carbocycles. The van der Waals surface area contributed by atoms with Crippen LogP contribution in [0.1, 0.15) is 19.4 Å². The van der Waals surface area contributed by atoms with Crippen LogP contribution in [0.4, 0.5) is 8.78 Å². The lowest BCUT2D eigenvalue weighted by atomic mass is 10.2. The van der Waals surface area contributed by atoms with Crippen molar-refractivity contribution in [2.45, 2.75) is 25.3 Å². The molecular formula is C14H20F2N2O2S. The van der Waals surface area contributed by atoms with Gasteiger partial charge in [-0.2, -0.15) is 4.31 Å². The number of nitrogens with zero attached hydrogens (tertiary/aromatic N) is 1. The van der Waals surface area contributed by atoms with E-state index in [1.807, 2.05) is 0 Å². The van der Waals surface area contributed by atoms with Gasteiger partial charge in [0, 0.05) is 19.6 Å². The van der Waals surface area contributed by atoms with Gasteiger partial charge in [0.1, 0.15) is 4.90 Å². The fourth-order valence-corrected chi connectivity index (χ4v) is 3.55. The van der Waals surface area contributed by atoms with Crippen LogP contribution in [0.5, 0.6) is 0 Å². The van der Waals surface area contributed by atoms with Crippen molar-refractivity contribution < 1.29 is 17.2 Å². The first-order valence-electron chi connectivity index (χ1n) is 6.51. The minimum absolute atomic E-state index is 0.0656. The Labute approximate surface area is 124 Å². The third-order valence-corrected chi connectivity index (χ3v) is 4.77. The standard InChI is InChI=1S/C14H20F2N2O2S/c1-5-18(9-10(2)3)21(19,20)13-7-11(8-17-4)6-12(15)14(13)16/h6-7,17H,2,5,8-9H2,1,3-4H3.